The fourth-order valence-electron chi connectivity index (χ4n) is 1.94. The lowest BCUT2D eigenvalue weighted by Crippen LogP contribution is -2.02. The van der Waals surface area contributed by atoms with E-state index in [-0.39, 0.29) is 0 Å². The average Bonchev–Trinajstić information content (AvgIpc) is 2.92. The summed E-state index contributed by atoms with van der Waals surface area (Å²) in [5.41, 5.74) is 0.969. The second kappa shape index (κ2) is 5.87. The first-order valence-electron chi connectivity index (χ1n) is 6.60. The van der Waals surface area contributed by atoms with Crippen LogP contribution in [-0.2, 0) is 0 Å². The third-order valence-corrected chi connectivity index (χ3v) is 4.20. The standard InChI is InChI=1S/C15H14ClN3OS/c1-3-17-15-18-13(11-6-7-21-14(11)19-15)20-10-4-5-12(16)9(2)8-10/h4-8H,3H2,1-2H3,(H,17,18,19). The Morgan fingerprint density at radius 2 is 2.14 bits per heavy atom. The van der Waals surface area contributed by atoms with Crippen LogP contribution in [0.2, 0.25) is 5.02 Å². The quantitative estimate of drug-likeness (QED) is 0.744. The number of aromatic nitrogens is 2. The van der Waals surface area contributed by atoms with Crippen molar-refractivity contribution in [1.29, 1.82) is 0 Å². The zero-order valence-electron chi connectivity index (χ0n) is 11.7. The lowest BCUT2D eigenvalue weighted by atomic mass is 10.2. The largest absolute Gasteiger partial charge is 0.438 e. The van der Waals surface area contributed by atoms with Gasteiger partial charge in [-0.25, -0.2) is 4.98 Å². The number of nitrogens with zero attached hydrogens (tertiary/aromatic N) is 2. The molecular weight excluding hydrogens is 306 g/mol. The molecule has 0 atom stereocenters. The van der Waals surface area contributed by atoms with Gasteiger partial charge in [0, 0.05) is 11.6 Å². The van der Waals surface area contributed by atoms with E-state index in [2.05, 4.69) is 15.3 Å². The van der Waals surface area contributed by atoms with E-state index in [1.54, 1.807) is 11.3 Å². The monoisotopic (exact) mass is 319 g/mol. The van der Waals surface area contributed by atoms with Crippen LogP contribution in [0.5, 0.6) is 11.6 Å². The summed E-state index contributed by atoms with van der Waals surface area (Å²) in [4.78, 5) is 9.80. The molecule has 0 saturated heterocycles. The van der Waals surface area contributed by atoms with Crippen molar-refractivity contribution in [2.75, 3.05) is 11.9 Å². The fraction of sp³-hybridized carbons (Fsp3) is 0.200. The fourth-order valence-corrected chi connectivity index (χ4v) is 2.81. The number of halogens is 1. The third kappa shape index (κ3) is 2.94. The maximum Gasteiger partial charge on any atom is 0.232 e. The van der Waals surface area contributed by atoms with Crippen LogP contribution in [0.4, 0.5) is 5.95 Å². The first-order chi connectivity index (χ1) is 10.2. The number of rotatable bonds is 4. The van der Waals surface area contributed by atoms with Crippen LogP contribution >= 0.6 is 22.9 Å². The van der Waals surface area contributed by atoms with Crippen molar-refractivity contribution < 1.29 is 4.74 Å². The lowest BCUT2D eigenvalue weighted by Gasteiger charge is -2.09. The molecule has 2 heterocycles. The summed E-state index contributed by atoms with van der Waals surface area (Å²) in [6.45, 7) is 4.71. The predicted molar refractivity (Wildman–Crippen MR) is 87.8 cm³/mol. The molecule has 2 aromatic heterocycles. The maximum absolute atomic E-state index is 6.04. The highest BCUT2D eigenvalue weighted by Gasteiger charge is 2.11. The summed E-state index contributed by atoms with van der Waals surface area (Å²) < 4.78 is 5.93. The van der Waals surface area contributed by atoms with E-state index in [0.717, 1.165) is 27.3 Å². The van der Waals surface area contributed by atoms with Gasteiger partial charge in [-0.3, -0.25) is 0 Å². The third-order valence-electron chi connectivity index (χ3n) is 2.97. The van der Waals surface area contributed by atoms with Crippen molar-refractivity contribution in [3.63, 3.8) is 0 Å². The second-order valence-electron chi connectivity index (χ2n) is 4.54. The van der Waals surface area contributed by atoms with E-state index < -0.39 is 0 Å². The highest BCUT2D eigenvalue weighted by atomic mass is 35.5. The first kappa shape index (κ1) is 14.1. The number of benzene rings is 1. The van der Waals surface area contributed by atoms with E-state index in [1.165, 1.54) is 0 Å². The normalized spacial score (nSPS) is 10.8. The Morgan fingerprint density at radius 3 is 2.90 bits per heavy atom. The topological polar surface area (TPSA) is 47.0 Å². The minimum Gasteiger partial charge on any atom is -0.438 e. The SMILES string of the molecule is CCNc1nc(Oc2ccc(Cl)c(C)c2)c2ccsc2n1. The Hall–Kier alpha value is -1.85. The van der Waals surface area contributed by atoms with Crippen molar-refractivity contribution in [3.05, 3.63) is 40.2 Å². The van der Waals surface area contributed by atoms with Gasteiger partial charge >= 0.3 is 0 Å². The Balaban J connectivity index is 2.01. The number of aryl methyl sites for hydroxylation is 1. The van der Waals surface area contributed by atoms with E-state index in [9.17, 15) is 0 Å². The molecule has 0 bridgehead atoms. The van der Waals surface area contributed by atoms with Gasteiger partial charge in [0.2, 0.25) is 11.8 Å². The Kier molecular flexibility index (Phi) is 3.94. The Morgan fingerprint density at radius 1 is 1.29 bits per heavy atom. The van der Waals surface area contributed by atoms with Gasteiger partial charge in [0.05, 0.1) is 5.39 Å². The number of hydrogen-bond donors (Lipinski definition) is 1. The van der Waals surface area contributed by atoms with Crippen LogP contribution in [0.15, 0.2) is 29.6 Å². The van der Waals surface area contributed by atoms with Crippen molar-refractivity contribution in [3.8, 4) is 11.6 Å². The molecule has 0 spiro atoms. The molecule has 0 amide bonds. The van der Waals surface area contributed by atoms with E-state index in [4.69, 9.17) is 16.3 Å². The summed E-state index contributed by atoms with van der Waals surface area (Å²) in [6.07, 6.45) is 0. The Labute approximate surface area is 131 Å². The number of anilines is 1. The molecule has 108 valence electrons. The minimum atomic E-state index is 0.555. The smallest absolute Gasteiger partial charge is 0.232 e. The Bertz CT molecular complexity index is 788. The van der Waals surface area contributed by atoms with Gasteiger partial charge in [-0.15, -0.1) is 11.3 Å². The molecule has 1 N–H and O–H groups in total. The van der Waals surface area contributed by atoms with Crippen molar-refractivity contribution in [2.45, 2.75) is 13.8 Å². The molecule has 1 aromatic carbocycles. The summed E-state index contributed by atoms with van der Waals surface area (Å²) >= 11 is 7.60. The summed E-state index contributed by atoms with van der Waals surface area (Å²) in [5, 5.41) is 6.73. The van der Waals surface area contributed by atoms with Gasteiger partial charge in [0.25, 0.3) is 0 Å². The summed E-state index contributed by atoms with van der Waals surface area (Å²) in [6, 6.07) is 7.52. The van der Waals surface area contributed by atoms with E-state index in [1.807, 2.05) is 43.5 Å². The molecule has 0 radical (unpaired) electrons. The van der Waals surface area contributed by atoms with Crippen molar-refractivity contribution in [2.24, 2.45) is 0 Å². The highest BCUT2D eigenvalue weighted by molar-refractivity contribution is 7.16. The van der Waals surface area contributed by atoms with Crippen LogP contribution in [0.3, 0.4) is 0 Å². The molecule has 4 nitrogen and oxygen atoms in total. The van der Waals surface area contributed by atoms with Crippen LogP contribution in [0.25, 0.3) is 10.2 Å². The summed E-state index contributed by atoms with van der Waals surface area (Å²) in [5.74, 6) is 1.85. The lowest BCUT2D eigenvalue weighted by molar-refractivity contribution is 0.469. The van der Waals surface area contributed by atoms with E-state index >= 15 is 0 Å². The average molecular weight is 320 g/mol. The van der Waals surface area contributed by atoms with Crippen molar-refractivity contribution >= 4 is 39.1 Å². The van der Waals surface area contributed by atoms with Crippen LogP contribution in [-0.4, -0.2) is 16.5 Å². The van der Waals surface area contributed by atoms with E-state index in [0.29, 0.717) is 17.6 Å². The number of fused-ring (bicyclic) bond motifs is 1. The molecule has 0 aliphatic heterocycles. The van der Waals surface area contributed by atoms with Gasteiger partial charge in [-0.05, 0) is 49.1 Å². The minimum absolute atomic E-state index is 0.555. The van der Waals surface area contributed by atoms with Gasteiger partial charge in [0.1, 0.15) is 10.6 Å². The molecular formula is C15H14ClN3OS. The molecule has 21 heavy (non-hydrogen) atoms. The highest BCUT2D eigenvalue weighted by Crippen LogP contribution is 2.32. The molecule has 0 unspecified atom stereocenters. The van der Waals surface area contributed by atoms with Crippen LogP contribution in [0, 0.1) is 6.92 Å². The second-order valence-corrected chi connectivity index (χ2v) is 5.84. The van der Waals surface area contributed by atoms with Gasteiger partial charge in [0.15, 0.2) is 0 Å². The summed E-state index contributed by atoms with van der Waals surface area (Å²) in [7, 11) is 0. The zero-order valence-corrected chi connectivity index (χ0v) is 13.3. The number of hydrogen-bond acceptors (Lipinski definition) is 5. The molecule has 6 heteroatoms. The molecule has 3 aromatic rings. The van der Waals surface area contributed by atoms with Crippen LogP contribution < -0.4 is 10.1 Å². The van der Waals surface area contributed by atoms with Gasteiger partial charge in [-0.2, -0.15) is 4.98 Å². The molecule has 0 saturated carbocycles. The van der Waals surface area contributed by atoms with Crippen molar-refractivity contribution in [1.82, 2.24) is 9.97 Å². The molecule has 3 rings (SSSR count). The molecule has 0 fully saturated rings. The van der Waals surface area contributed by atoms with Gasteiger partial charge < -0.3 is 10.1 Å². The zero-order chi connectivity index (χ0) is 14.8. The number of nitrogens with one attached hydrogen (secondary N) is 1. The molecule has 0 aliphatic carbocycles. The molecule has 0 aliphatic rings. The number of ether oxygens (including phenoxy) is 1. The van der Waals surface area contributed by atoms with Crippen LogP contribution in [0.1, 0.15) is 12.5 Å². The van der Waals surface area contributed by atoms with Gasteiger partial charge in [-0.1, -0.05) is 11.6 Å². The number of thiophene rings is 1. The first-order valence-corrected chi connectivity index (χ1v) is 7.86. The predicted octanol–water partition coefficient (Wildman–Crippen LogP) is 4.88. The maximum atomic E-state index is 6.04.